The highest BCUT2D eigenvalue weighted by atomic mass is 32.2. The molecule has 1 heterocycles. The minimum atomic E-state index is 0.216. The highest BCUT2D eigenvalue weighted by molar-refractivity contribution is 7.98. The van der Waals surface area contributed by atoms with E-state index < -0.39 is 0 Å². The molecule has 0 spiro atoms. The molecule has 1 N–H and O–H groups in total. The molecule has 0 aromatic rings. The Balaban J connectivity index is 2.71. The van der Waals surface area contributed by atoms with Crippen molar-refractivity contribution in [3.05, 3.63) is 48.5 Å². The van der Waals surface area contributed by atoms with Crippen LogP contribution in [0.25, 0.3) is 0 Å². The molecule has 1 aliphatic rings. The molecule has 0 saturated carbocycles. The Morgan fingerprint density at radius 1 is 1.25 bits per heavy atom. The number of rotatable bonds is 5. The van der Waals surface area contributed by atoms with Gasteiger partial charge in [-0.15, -0.1) is 0 Å². The van der Waals surface area contributed by atoms with Gasteiger partial charge < -0.3 is 4.90 Å². The van der Waals surface area contributed by atoms with Gasteiger partial charge in [0.1, 0.15) is 0 Å². The molecule has 0 aliphatic carbocycles. The molecule has 0 bridgehead atoms. The molecule has 112 valence electrons. The number of nitrogens with zero attached hydrogens (tertiary/aromatic N) is 1. The molecule has 1 rings (SSSR count). The van der Waals surface area contributed by atoms with Crippen LogP contribution in [-0.4, -0.2) is 15.7 Å². The first kappa shape index (κ1) is 17.1. The summed E-state index contributed by atoms with van der Waals surface area (Å²) >= 11 is 1.77. The van der Waals surface area contributed by atoms with Crippen molar-refractivity contribution in [2.24, 2.45) is 5.92 Å². The van der Waals surface area contributed by atoms with Crippen LogP contribution >= 0.6 is 11.9 Å². The predicted octanol–water partition coefficient (Wildman–Crippen LogP) is 4.85. The van der Waals surface area contributed by atoms with Gasteiger partial charge in [0.2, 0.25) is 0 Å². The number of nitrogens with one attached hydrogen (secondary N) is 1. The maximum Gasteiger partial charge on any atom is 0.0408 e. The van der Waals surface area contributed by atoms with E-state index in [1.165, 1.54) is 5.57 Å². The Morgan fingerprint density at radius 2 is 1.90 bits per heavy atom. The Bertz CT molecular complexity index is 425. The highest BCUT2D eigenvalue weighted by Gasteiger charge is 2.16. The quantitative estimate of drug-likeness (QED) is 0.729. The Hall–Kier alpha value is -0.930. The summed E-state index contributed by atoms with van der Waals surface area (Å²) in [6, 6.07) is 0.304. The summed E-state index contributed by atoms with van der Waals surface area (Å²) in [5, 5.41) is 0. The van der Waals surface area contributed by atoms with E-state index in [0.29, 0.717) is 12.0 Å². The lowest BCUT2D eigenvalue weighted by Crippen LogP contribution is -2.28. The van der Waals surface area contributed by atoms with Crippen molar-refractivity contribution in [2.45, 2.75) is 52.3 Å². The fraction of sp³-hybridized carbons (Fsp3) is 0.529. The third-order valence-electron chi connectivity index (χ3n) is 2.76. The first-order chi connectivity index (χ1) is 9.19. The molecule has 0 radical (unpaired) electrons. The number of hydrogen-bond donors (Lipinski definition) is 1. The molecule has 1 unspecified atom stereocenters. The van der Waals surface area contributed by atoms with Crippen LogP contribution in [0.3, 0.4) is 0 Å². The van der Waals surface area contributed by atoms with Crippen LogP contribution in [0, 0.1) is 5.92 Å². The van der Waals surface area contributed by atoms with Gasteiger partial charge >= 0.3 is 0 Å². The van der Waals surface area contributed by atoms with Gasteiger partial charge in [0, 0.05) is 28.9 Å². The average molecular weight is 292 g/mol. The van der Waals surface area contributed by atoms with Gasteiger partial charge in [-0.2, -0.15) is 0 Å². The molecule has 1 aliphatic heterocycles. The fourth-order valence-electron chi connectivity index (χ4n) is 1.56. The molecular formula is C17H28N2S. The second kappa shape index (κ2) is 7.19. The van der Waals surface area contributed by atoms with E-state index in [2.05, 4.69) is 88.4 Å². The van der Waals surface area contributed by atoms with Gasteiger partial charge in [-0.3, -0.25) is 4.72 Å². The van der Waals surface area contributed by atoms with Crippen molar-refractivity contribution < 1.29 is 0 Å². The maximum atomic E-state index is 4.07. The van der Waals surface area contributed by atoms with E-state index in [1.54, 1.807) is 11.9 Å². The van der Waals surface area contributed by atoms with E-state index in [1.807, 2.05) is 0 Å². The summed E-state index contributed by atoms with van der Waals surface area (Å²) in [7, 11) is 0. The molecular weight excluding hydrogens is 264 g/mol. The monoisotopic (exact) mass is 292 g/mol. The van der Waals surface area contributed by atoms with Gasteiger partial charge in [-0.05, 0) is 45.3 Å². The Kier molecular flexibility index (Phi) is 6.15. The molecule has 0 aromatic carbocycles. The van der Waals surface area contributed by atoms with Gasteiger partial charge in [0.25, 0.3) is 0 Å². The zero-order valence-corrected chi connectivity index (χ0v) is 14.4. The fourth-order valence-corrected chi connectivity index (χ4v) is 2.22. The molecule has 20 heavy (non-hydrogen) atoms. The lowest BCUT2D eigenvalue weighted by molar-refractivity contribution is 0.616. The van der Waals surface area contributed by atoms with E-state index in [-0.39, 0.29) is 4.75 Å². The second-order valence-electron chi connectivity index (χ2n) is 6.50. The second-order valence-corrected chi connectivity index (χ2v) is 8.17. The summed E-state index contributed by atoms with van der Waals surface area (Å²) < 4.78 is 3.73. The lowest BCUT2D eigenvalue weighted by Gasteiger charge is -2.27. The van der Waals surface area contributed by atoms with Crippen LogP contribution < -0.4 is 4.72 Å². The molecule has 0 amide bonds. The highest BCUT2D eigenvalue weighted by Crippen LogP contribution is 2.24. The number of allylic oxidation sites excluding steroid dienone is 2. The third kappa shape index (κ3) is 6.02. The SMILES string of the molecule is C=C1C=CC(C(C)NSC(C)(C)C)=CN1/C=C\C(C)C. The molecule has 0 fully saturated rings. The first-order valence-electron chi connectivity index (χ1n) is 7.18. The average Bonchev–Trinajstić information content (AvgIpc) is 2.34. The summed E-state index contributed by atoms with van der Waals surface area (Å²) in [5.41, 5.74) is 2.27. The molecule has 1 atom stereocenters. The van der Waals surface area contributed by atoms with Crippen LogP contribution in [0.5, 0.6) is 0 Å². The lowest BCUT2D eigenvalue weighted by atomic mass is 10.1. The van der Waals surface area contributed by atoms with Gasteiger partial charge in [0.15, 0.2) is 0 Å². The van der Waals surface area contributed by atoms with Crippen LogP contribution in [-0.2, 0) is 0 Å². The van der Waals surface area contributed by atoms with Crippen LogP contribution in [0.4, 0.5) is 0 Å². The smallest absolute Gasteiger partial charge is 0.0408 e. The standard InChI is InChI=1S/C17H28N2S/c1-13(2)10-11-19-12-16(9-8-14(19)3)15(4)18-20-17(5,6)7/h8-13,15,18H,3H2,1-2,4-7H3/b11-10-. The minimum absolute atomic E-state index is 0.216. The van der Waals surface area contributed by atoms with Crippen LogP contribution in [0.1, 0.15) is 41.5 Å². The first-order valence-corrected chi connectivity index (χ1v) is 7.99. The van der Waals surface area contributed by atoms with E-state index in [9.17, 15) is 0 Å². The van der Waals surface area contributed by atoms with Crippen molar-refractivity contribution in [3.8, 4) is 0 Å². The van der Waals surface area contributed by atoms with E-state index in [4.69, 9.17) is 0 Å². The van der Waals surface area contributed by atoms with Gasteiger partial charge in [-0.1, -0.05) is 44.5 Å². The van der Waals surface area contributed by atoms with Crippen LogP contribution in [0.2, 0.25) is 0 Å². The van der Waals surface area contributed by atoms with Crippen molar-refractivity contribution in [2.75, 3.05) is 0 Å². The third-order valence-corrected chi connectivity index (χ3v) is 3.85. The summed E-state index contributed by atoms with van der Waals surface area (Å²) in [5.74, 6) is 0.539. The largest absolute Gasteiger partial charge is 0.324 e. The molecule has 0 aromatic heterocycles. The summed E-state index contributed by atoms with van der Waals surface area (Å²) in [4.78, 5) is 2.09. The van der Waals surface area contributed by atoms with Crippen molar-refractivity contribution >= 4 is 11.9 Å². The van der Waals surface area contributed by atoms with E-state index in [0.717, 1.165) is 5.70 Å². The van der Waals surface area contributed by atoms with Gasteiger partial charge in [-0.25, -0.2) is 0 Å². The Labute approximate surface area is 128 Å². The normalized spacial score (nSPS) is 18.1. The van der Waals surface area contributed by atoms with Gasteiger partial charge in [0.05, 0.1) is 0 Å². The van der Waals surface area contributed by atoms with Crippen LogP contribution in [0.15, 0.2) is 48.5 Å². The zero-order valence-electron chi connectivity index (χ0n) is 13.6. The Morgan fingerprint density at radius 3 is 2.45 bits per heavy atom. The molecule has 2 nitrogen and oxygen atoms in total. The summed E-state index contributed by atoms with van der Waals surface area (Å²) in [6.07, 6.45) is 10.6. The van der Waals surface area contributed by atoms with Crippen molar-refractivity contribution in [1.29, 1.82) is 0 Å². The van der Waals surface area contributed by atoms with Crippen molar-refractivity contribution in [3.63, 3.8) is 0 Å². The number of hydrogen-bond acceptors (Lipinski definition) is 3. The van der Waals surface area contributed by atoms with Crippen molar-refractivity contribution in [1.82, 2.24) is 9.62 Å². The topological polar surface area (TPSA) is 15.3 Å². The molecule has 0 saturated heterocycles. The maximum absolute atomic E-state index is 4.07. The summed E-state index contributed by atoms with van der Waals surface area (Å²) in [6.45, 7) is 17.2. The minimum Gasteiger partial charge on any atom is -0.324 e. The molecule has 3 heteroatoms. The zero-order chi connectivity index (χ0) is 15.3. The van der Waals surface area contributed by atoms with E-state index >= 15 is 0 Å². The predicted molar refractivity (Wildman–Crippen MR) is 92.1 cm³/mol.